The molecule has 1 aromatic carbocycles. The number of nitrogens with one attached hydrogen (secondary N) is 1. The number of nitrogens with zero attached hydrogens (tertiary/aromatic N) is 1. The van der Waals surface area contributed by atoms with Gasteiger partial charge in [0.25, 0.3) is 0 Å². The Kier molecular flexibility index (Phi) is 6.59. The summed E-state index contributed by atoms with van der Waals surface area (Å²) in [5, 5.41) is 9.18. The van der Waals surface area contributed by atoms with E-state index in [2.05, 4.69) is 9.71 Å². The normalized spacial score (nSPS) is 12.5. The molecule has 0 aliphatic rings. The molecule has 128 valence electrons. The summed E-state index contributed by atoms with van der Waals surface area (Å²) in [5.41, 5.74) is -1.12. The number of carbonyl (C=O) groups is 1. The van der Waals surface area contributed by atoms with Crippen LogP contribution in [0.2, 0.25) is 0 Å². The largest absolute Gasteiger partial charge is 0.478 e. The lowest BCUT2D eigenvalue weighted by Gasteiger charge is -2.14. The van der Waals surface area contributed by atoms with Crippen molar-refractivity contribution in [3.63, 3.8) is 0 Å². The van der Waals surface area contributed by atoms with E-state index in [0.717, 1.165) is 11.8 Å². The van der Waals surface area contributed by atoms with Gasteiger partial charge in [0.2, 0.25) is 15.5 Å². The van der Waals surface area contributed by atoms with Gasteiger partial charge in [-0.1, -0.05) is 18.2 Å². The Balaban J connectivity index is 1.84. The second-order valence-electron chi connectivity index (χ2n) is 4.56. The van der Waals surface area contributed by atoms with Crippen LogP contribution in [0.1, 0.15) is 0 Å². The number of carboxylic acid groups (broad SMARTS) is 1. The van der Waals surface area contributed by atoms with E-state index in [0.29, 0.717) is 5.75 Å². The smallest absolute Gasteiger partial charge is 0.355 e. The summed E-state index contributed by atoms with van der Waals surface area (Å²) in [4.78, 5) is 15.0. The summed E-state index contributed by atoms with van der Waals surface area (Å²) in [6, 6.07) is 11.5. The minimum absolute atomic E-state index is 0.0605. The first-order chi connectivity index (χ1) is 11.5. The molecule has 1 aromatic heterocycles. The fourth-order valence-corrected chi connectivity index (χ4v) is 3.59. The van der Waals surface area contributed by atoms with Gasteiger partial charge in [-0.05, 0) is 24.3 Å². The fourth-order valence-electron chi connectivity index (χ4n) is 1.71. The number of hydrogen-bond donors (Lipinski definition) is 2. The Bertz CT molecular complexity index is 754. The van der Waals surface area contributed by atoms with Crippen LogP contribution < -0.4 is 9.46 Å². The SMILES string of the molecule is O=C(O)C(Oc1ccccc1)SCCNS(=O)(=O)c1cccnc1. The van der Waals surface area contributed by atoms with Crippen LogP contribution in [-0.4, -0.2) is 42.2 Å². The van der Waals surface area contributed by atoms with Crippen LogP contribution in [0.15, 0.2) is 59.8 Å². The topological polar surface area (TPSA) is 106 Å². The summed E-state index contributed by atoms with van der Waals surface area (Å²) in [7, 11) is -3.65. The molecule has 1 atom stereocenters. The molecule has 0 aliphatic heterocycles. The van der Waals surface area contributed by atoms with E-state index in [-0.39, 0.29) is 17.2 Å². The molecule has 0 fully saturated rings. The summed E-state index contributed by atoms with van der Waals surface area (Å²) < 4.78 is 31.8. The summed E-state index contributed by atoms with van der Waals surface area (Å²) in [6.45, 7) is 0.0732. The number of thioether (sulfide) groups is 1. The molecule has 2 aromatic rings. The summed E-state index contributed by atoms with van der Waals surface area (Å²) >= 11 is 0.996. The van der Waals surface area contributed by atoms with Crippen LogP contribution >= 0.6 is 11.8 Å². The third-order valence-electron chi connectivity index (χ3n) is 2.80. The number of aliphatic carboxylic acids is 1. The van der Waals surface area contributed by atoms with Crippen LogP contribution in [-0.2, 0) is 14.8 Å². The molecule has 2 N–H and O–H groups in total. The maximum Gasteiger partial charge on any atom is 0.355 e. The lowest BCUT2D eigenvalue weighted by atomic mass is 10.3. The number of carboxylic acids is 1. The van der Waals surface area contributed by atoms with Gasteiger partial charge in [0, 0.05) is 24.7 Å². The molecule has 2 rings (SSSR count). The van der Waals surface area contributed by atoms with E-state index < -0.39 is 21.4 Å². The van der Waals surface area contributed by atoms with E-state index >= 15 is 0 Å². The van der Waals surface area contributed by atoms with Crippen molar-refractivity contribution in [3.05, 3.63) is 54.9 Å². The fraction of sp³-hybridized carbons (Fsp3) is 0.200. The third kappa shape index (κ3) is 5.52. The molecule has 7 nitrogen and oxygen atoms in total. The Hall–Kier alpha value is -2.10. The predicted octanol–water partition coefficient (Wildman–Crippen LogP) is 1.58. The molecule has 0 saturated heterocycles. The van der Waals surface area contributed by atoms with Crippen molar-refractivity contribution in [2.24, 2.45) is 0 Å². The number of aromatic nitrogens is 1. The molecule has 1 heterocycles. The van der Waals surface area contributed by atoms with Gasteiger partial charge < -0.3 is 9.84 Å². The van der Waals surface area contributed by atoms with E-state index in [1.165, 1.54) is 24.5 Å². The Morgan fingerprint density at radius 1 is 1.25 bits per heavy atom. The van der Waals surface area contributed by atoms with Crippen LogP contribution in [0.5, 0.6) is 5.75 Å². The van der Waals surface area contributed by atoms with Gasteiger partial charge in [-0.15, -0.1) is 11.8 Å². The minimum Gasteiger partial charge on any atom is -0.478 e. The van der Waals surface area contributed by atoms with Gasteiger partial charge in [-0.25, -0.2) is 17.9 Å². The van der Waals surface area contributed by atoms with Gasteiger partial charge in [0.15, 0.2) is 0 Å². The highest BCUT2D eigenvalue weighted by atomic mass is 32.2. The highest BCUT2D eigenvalue weighted by Crippen LogP contribution is 2.18. The molecule has 0 amide bonds. The molecular weight excluding hydrogens is 352 g/mol. The number of rotatable bonds is 9. The average Bonchev–Trinajstić information content (AvgIpc) is 2.59. The first-order valence-corrected chi connectivity index (χ1v) is 9.48. The maximum atomic E-state index is 12.0. The first kappa shape index (κ1) is 18.2. The van der Waals surface area contributed by atoms with Crippen molar-refractivity contribution in [2.75, 3.05) is 12.3 Å². The van der Waals surface area contributed by atoms with E-state index in [4.69, 9.17) is 4.74 Å². The van der Waals surface area contributed by atoms with Gasteiger partial charge in [0.1, 0.15) is 10.6 Å². The Morgan fingerprint density at radius 3 is 2.62 bits per heavy atom. The van der Waals surface area contributed by atoms with Crippen molar-refractivity contribution >= 4 is 27.8 Å². The Labute approximate surface area is 144 Å². The van der Waals surface area contributed by atoms with Gasteiger partial charge >= 0.3 is 5.97 Å². The number of hydrogen-bond acceptors (Lipinski definition) is 6. The number of sulfonamides is 1. The molecule has 24 heavy (non-hydrogen) atoms. The van der Waals surface area contributed by atoms with Crippen molar-refractivity contribution < 1.29 is 23.1 Å². The molecule has 0 spiro atoms. The number of para-hydroxylation sites is 1. The maximum absolute atomic E-state index is 12.0. The zero-order valence-electron chi connectivity index (χ0n) is 12.5. The second kappa shape index (κ2) is 8.67. The summed E-state index contributed by atoms with van der Waals surface area (Å²) in [5.74, 6) is -0.448. The van der Waals surface area contributed by atoms with Crippen LogP contribution in [0.3, 0.4) is 0 Å². The third-order valence-corrected chi connectivity index (χ3v) is 5.28. The lowest BCUT2D eigenvalue weighted by molar-refractivity contribution is -0.140. The van der Waals surface area contributed by atoms with E-state index in [1.54, 1.807) is 30.3 Å². The highest BCUT2D eigenvalue weighted by molar-refractivity contribution is 8.00. The molecule has 1 unspecified atom stereocenters. The second-order valence-corrected chi connectivity index (χ2v) is 7.50. The zero-order valence-corrected chi connectivity index (χ0v) is 14.2. The van der Waals surface area contributed by atoms with Crippen LogP contribution in [0.25, 0.3) is 0 Å². The van der Waals surface area contributed by atoms with Gasteiger partial charge in [-0.3, -0.25) is 4.98 Å². The van der Waals surface area contributed by atoms with Crippen molar-refractivity contribution in [2.45, 2.75) is 10.3 Å². The van der Waals surface area contributed by atoms with Gasteiger partial charge in [0.05, 0.1) is 0 Å². The minimum atomic E-state index is -3.65. The van der Waals surface area contributed by atoms with Crippen LogP contribution in [0, 0.1) is 0 Å². The molecule has 0 radical (unpaired) electrons. The molecular formula is C15H16N2O5S2. The standard InChI is InChI=1S/C15H16N2O5S2/c18-14(19)15(22-12-5-2-1-3-6-12)23-10-9-17-24(20,21)13-7-4-8-16-11-13/h1-8,11,15,17H,9-10H2,(H,18,19). The molecule has 0 bridgehead atoms. The average molecular weight is 368 g/mol. The predicted molar refractivity (Wildman–Crippen MR) is 90.4 cm³/mol. The number of pyridine rings is 1. The highest BCUT2D eigenvalue weighted by Gasteiger charge is 2.20. The number of benzene rings is 1. The Morgan fingerprint density at radius 2 is 2.00 bits per heavy atom. The molecule has 9 heteroatoms. The quantitative estimate of drug-likeness (QED) is 0.511. The molecule has 0 aliphatic carbocycles. The molecule has 0 saturated carbocycles. The van der Waals surface area contributed by atoms with Crippen molar-refractivity contribution in [1.29, 1.82) is 0 Å². The monoisotopic (exact) mass is 368 g/mol. The van der Waals surface area contributed by atoms with E-state index in [9.17, 15) is 18.3 Å². The van der Waals surface area contributed by atoms with E-state index in [1.807, 2.05) is 0 Å². The van der Waals surface area contributed by atoms with Crippen LogP contribution in [0.4, 0.5) is 0 Å². The van der Waals surface area contributed by atoms with Gasteiger partial charge in [-0.2, -0.15) is 0 Å². The van der Waals surface area contributed by atoms with Crippen molar-refractivity contribution in [3.8, 4) is 5.75 Å². The van der Waals surface area contributed by atoms with Crippen molar-refractivity contribution in [1.82, 2.24) is 9.71 Å². The summed E-state index contributed by atoms with van der Waals surface area (Å²) in [6.07, 6.45) is 2.72. The lowest BCUT2D eigenvalue weighted by Crippen LogP contribution is -2.29. The first-order valence-electron chi connectivity index (χ1n) is 6.95. The zero-order chi connectivity index (χ0) is 17.4. The number of ether oxygens (including phenoxy) is 1.